The molecule has 0 N–H and O–H groups in total. The van der Waals surface area contributed by atoms with E-state index in [1.165, 1.54) is 18.2 Å². The number of halogens is 1. The number of hydrogen-bond acceptors (Lipinski definition) is 4. The van der Waals surface area contributed by atoms with E-state index in [0.29, 0.717) is 5.56 Å². The molecule has 0 spiro atoms. The Hall–Kier alpha value is -1.16. The molecule has 0 aliphatic carbocycles. The van der Waals surface area contributed by atoms with E-state index in [4.69, 9.17) is 11.6 Å². The van der Waals surface area contributed by atoms with Gasteiger partial charge >= 0.3 is 0 Å². The Kier molecular flexibility index (Phi) is 3.63. The summed E-state index contributed by atoms with van der Waals surface area (Å²) < 4.78 is 22.7. The lowest BCUT2D eigenvalue weighted by molar-refractivity contribution is 0.562. The van der Waals surface area contributed by atoms with Crippen molar-refractivity contribution in [2.24, 2.45) is 4.99 Å². The van der Waals surface area contributed by atoms with E-state index in [2.05, 4.69) is 4.99 Å². The number of rotatable bonds is 3. The molecular formula is C9H8ClNO3S. The van der Waals surface area contributed by atoms with Crippen LogP contribution in [0, 0.1) is 0 Å². The zero-order valence-electron chi connectivity index (χ0n) is 7.90. The molecule has 0 saturated carbocycles. The summed E-state index contributed by atoms with van der Waals surface area (Å²) in [6.07, 6.45) is 2.42. The Balaban J connectivity index is 3.39. The molecule has 0 unspecified atom stereocenters. The zero-order valence-corrected chi connectivity index (χ0v) is 9.47. The van der Waals surface area contributed by atoms with Gasteiger partial charge in [0.1, 0.15) is 0 Å². The molecule has 6 heteroatoms. The minimum Gasteiger partial charge on any atom is -0.224 e. The van der Waals surface area contributed by atoms with Crippen LogP contribution in [0.2, 0.25) is 5.02 Å². The van der Waals surface area contributed by atoms with Crippen LogP contribution in [0.4, 0.5) is 0 Å². The average molecular weight is 246 g/mol. The Bertz CT molecular complexity index is 518. The molecule has 15 heavy (non-hydrogen) atoms. The van der Waals surface area contributed by atoms with Crippen molar-refractivity contribution in [1.29, 1.82) is 0 Å². The van der Waals surface area contributed by atoms with Gasteiger partial charge in [-0.05, 0) is 12.1 Å². The quantitative estimate of drug-likeness (QED) is 0.600. The highest BCUT2D eigenvalue weighted by Crippen LogP contribution is 2.24. The minimum absolute atomic E-state index is 0.0778. The summed E-state index contributed by atoms with van der Waals surface area (Å²) in [7, 11) is -3.36. The Morgan fingerprint density at radius 3 is 2.67 bits per heavy atom. The first kappa shape index (κ1) is 11.9. The number of benzene rings is 1. The number of hydrogen-bond donors (Lipinski definition) is 0. The predicted octanol–water partition coefficient (Wildman–Crippen LogP) is 1.58. The van der Waals surface area contributed by atoms with Crippen LogP contribution in [0.1, 0.15) is 5.56 Å². The van der Waals surface area contributed by atoms with Crippen molar-refractivity contribution in [2.75, 3.05) is 6.26 Å². The van der Waals surface area contributed by atoms with Crippen LogP contribution in [0.5, 0.6) is 0 Å². The Morgan fingerprint density at radius 1 is 1.47 bits per heavy atom. The van der Waals surface area contributed by atoms with Gasteiger partial charge in [-0.25, -0.2) is 18.2 Å². The third-order valence-electron chi connectivity index (χ3n) is 1.78. The number of nitrogens with zero attached hydrogens (tertiary/aromatic N) is 1. The molecule has 4 nitrogen and oxygen atoms in total. The Morgan fingerprint density at radius 2 is 2.13 bits per heavy atom. The standard InChI is InChI=1S/C9H8ClNO3S/c1-15(13,14)9-4-2-3-8(10)7(9)5-11-6-12/h2-4H,5H2,1H3. The maximum Gasteiger partial charge on any atom is 0.235 e. The van der Waals surface area contributed by atoms with Crippen LogP contribution < -0.4 is 0 Å². The Labute approximate surface area is 92.5 Å². The summed E-state index contributed by atoms with van der Waals surface area (Å²) in [5.74, 6) is 0. The summed E-state index contributed by atoms with van der Waals surface area (Å²) in [4.78, 5) is 13.4. The van der Waals surface area contributed by atoms with Crippen LogP contribution >= 0.6 is 11.6 Å². The molecule has 1 rings (SSSR count). The number of carbonyl (C=O) groups excluding carboxylic acids is 1. The lowest BCUT2D eigenvalue weighted by Gasteiger charge is -2.06. The second kappa shape index (κ2) is 4.57. The van der Waals surface area contributed by atoms with Gasteiger partial charge in [0.2, 0.25) is 6.08 Å². The molecule has 0 bridgehead atoms. The molecule has 0 amide bonds. The highest BCUT2D eigenvalue weighted by Gasteiger charge is 2.15. The zero-order chi connectivity index (χ0) is 11.5. The maximum atomic E-state index is 11.4. The predicted molar refractivity (Wildman–Crippen MR) is 56.4 cm³/mol. The topological polar surface area (TPSA) is 63.6 Å². The number of isocyanates is 1. The molecule has 0 aliphatic rings. The fourth-order valence-electron chi connectivity index (χ4n) is 1.15. The van der Waals surface area contributed by atoms with Crippen LogP contribution in [0.25, 0.3) is 0 Å². The van der Waals surface area contributed by atoms with Crippen molar-refractivity contribution >= 4 is 27.5 Å². The van der Waals surface area contributed by atoms with Gasteiger partial charge in [0.25, 0.3) is 0 Å². The van der Waals surface area contributed by atoms with E-state index < -0.39 is 9.84 Å². The van der Waals surface area contributed by atoms with Crippen LogP contribution in [0.3, 0.4) is 0 Å². The smallest absolute Gasteiger partial charge is 0.224 e. The minimum atomic E-state index is -3.36. The monoisotopic (exact) mass is 245 g/mol. The summed E-state index contributed by atoms with van der Waals surface area (Å²) in [5.41, 5.74) is 0.324. The van der Waals surface area contributed by atoms with E-state index in [1.54, 1.807) is 6.07 Å². The molecule has 80 valence electrons. The van der Waals surface area contributed by atoms with Crippen LogP contribution in [-0.4, -0.2) is 20.8 Å². The second-order valence-corrected chi connectivity index (χ2v) is 5.29. The van der Waals surface area contributed by atoms with Crippen molar-refractivity contribution in [3.63, 3.8) is 0 Å². The van der Waals surface area contributed by atoms with E-state index in [-0.39, 0.29) is 16.5 Å². The van der Waals surface area contributed by atoms with Gasteiger partial charge in [0, 0.05) is 16.8 Å². The van der Waals surface area contributed by atoms with Gasteiger partial charge in [-0.15, -0.1) is 0 Å². The van der Waals surface area contributed by atoms with E-state index in [0.717, 1.165) is 6.26 Å². The molecule has 0 fully saturated rings. The summed E-state index contributed by atoms with van der Waals surface area (Å²) >= 11 is 5.82. The van der Waals surface area contributed by atoms with Crippen LogP contribution in [0.15, 0.2) is 28.1 Å². The molecule has 1 aromatic rings. The van der Waals surface area contributed by atoms with Crippen molar-refractivity contribution in [1.82, 2.24) is 0 Å². The summed E-state index contributed by atoms with van der Waals surface area (Å²) in [6.45, 7) is -0.0778. The lowest BCUT2D eigenvalue weighted by Crippen LogP contribution is -2.02. The SMILES string of the molecule is CS(=O)(=O)c1cccc(Cl)c1CN=C=O. The van der Waals surface area contributed by atoms with Gasteiger partial charge < -0.3 is 0 Å². The molecule has 0 saturated heterocycles. The largest absolute Gasteiger partial charge is 0.235 e. The third-order valence-corrected chi connectivity index (χ3v) is 3.31. The first-order valence-electron chi connectivity index (χ1n) is 3.98. The fraction of sp³-hybridized carbons (Fsp3) is 0.222. The van der Waals surface area contributed by atoms with Crippen LogP contribution in [-0.2, 0) is 21.2 Å². The van der Waals surface area contributed by atoms with E-state index in [9.17, 15) is 13.2 Å². The van der Waals surface area contributed by atoms with Crippen molar-refractivity contribution in [3.05, 3.63) is 28.8 Å². The van der Waals surface area contributed by atoms with Crippen molar-refractivity contribution in [2.45, 2.75) is 11.4 Å². The van der Waals surface area contributed by atoms with Gasteiger partial charge in [-0.2, -0.15) is 0 Å². The number of aliphatic imine (C=N–C) groups is 1. The second-order valence-electron chi connectivity index (χ2n) is 2.90. The first-order valence-corrected chi connectivity index (χ1v) is 6.25. The normalized spacial score (nSPS) is 10.8. The summed E-state index contributed by atoms with van der Waals surface area (Å²) in [6, 6.07) is 4.51. The van der Waals surface area contributed by atoms with Gasteiger partial charge in [-0.3, -0.25) is 0 Å². The molecule has 0 atom stereocenters. The fourth-order valence-corrected chi connectivity index (χ4v) is 2.39. The van der Waals surface area contributed by atoms with Gasteiger partial charge in [0.05, 0.1) is 11.4 Å². The molecule has 0 radical (unpaired) electrons. The van der Waals surface area contributed by atoms with Gasteiger partial charge in [-0.1, -0.05) is 17.7 Å². The highest BCUT2D eigenvalue weighted by atomic mass is 35.5. The maximum absolute atomic E-state index is 11.4. The third kappa shape index (κ3) is 2.89. The molecular weight excluding hydrogens is 238 g/mol. The average Bonchev–Trinajstić information content (AvgIpc) is 2.14. The van der Waals surface area contributed by atoms with E-state index >= 15 is 0 Å². The molecule has 1 aromatic carbocycles. The highest BCUT2D eigenvalue weighted by molar-refractivity contribution is 7.90. The molecule has 0 aliphatic heterocycles. The first-order chi connectivity index (χ1) is 6.96. The van der Waals surface area contributed by atoms with Crippen molar-refractivity contribution in [3.8, 4) is 0 Å². The van der Waals surface area contributed by atoms with Gasteiger partial charge in [0.15, 0.2) is 9.84 Å². The van der Waals surface area contributed by atoms with Crippen molar-refractivity contribution < 1.29 is 13.2 Å². The van der Waals surface area contributed by atoms with E-state index in [1.807, 2.05) is 0 Å². The lowest BCUT2D eigenvalue weighted by atomic mass is 10.2. The summed E-state index contributed by atoms with van der Waals surface area (Å²) in [5, 5.41) is 0.275. The molecule has 0 heterocycles. The number of sulfone groups is 1. The molecule has 0 aromatic heterocycles.